The van der Waals surface area contributed by atoms with Crippen LogP contribution in [0.25, 0.3) is 6.08 Å². The fourth-order valence-corrected chi connectivity index (χ4v) is 2.65. The molecule has 0 saturated heterocycles. The zero-order valence-corrected chi connectivity index (χ0v) is 16.2. The molecule has 5 heteroatoms. The predicted molar refractivity (Wildman–Crippen MR) is 110 cm³/mol. The number of benzene rings is 2. The van der Waals surface area contributed by atoms with Crippen molar-refractivity contribution < 1.29 is 14.3 Å². The number of hydrogen-bond donors (Lipinski definition) is 0. The molecule has 0 fully saturated rings. The first-order chi connectivity index (χ1) is 13.6. The van der Waals surface area contributed by atoms with Crippen molar-refractivity contribution in [1.82, 2.24) is 4.90 Å². The molecule has 0 aliphatic carbocycles. The lowest BCUT2D eigenvalue weighted by Crippen LogP contribution is -2.34. The summed E-state index contributed by atoms with van der Waals surface area (Å²) in [7, 11) is 1.57. The number of amides is 1. The Bertz CT molecular complexity index is 880. The Morgan fingerprint density at radius 2 is 1.96 bits per heavy atom. The largest absolute Gasteiger partial charge is 0.493 e. The van der Waals surface area contributed by atoms with E-state index in [9.17, 15) is 4.79 Å². The molecule has 5 nitrogen and oxygen atoms in total. The van der Waals surface area contributed by atoms with Crippen LogP contribution in [0.4, 0.5) is 0 Å². The van der Waals surface area contributed by atoms with Crippen LogP contribution in [0.1, 0.15) is 23.6 Å². The van der Waals surface area contributed by atoms with Gasteiger partial charge < -0.3 is 14.4 Å². The summed E-state index contributed by atoms with van der Waals surface area (Å²) in [6.45, 7) is 6.37. The minimum atomic E-state index is -0.163. The highest BCUT2D eigenvalue weighted by Gasteiger charge is 2.15. The van der Waals surface area contributed by atoms with E-state index < -0.39 is 0 Å². The van der Waals surface area contributed by atoms with Crippen molar-refractivity contribution in [2.75, 3.05) is 20.3 Å². The third-order valence-corrected chi connectivity index (χ3v) is 4.06. The predicted octanol–water partition coefficient (Wildman–Crippen LogP) is 4.19. The molecular weight excluding hydrogens is 352 g/mol. The van der Waals surface area contributed by atoms with Gasteiger partial charge in [-0.1, -0.05) is 36.4 Å². The fraction of sp³-hybridized carbons (Fsp3) is 0.217. The molecule has 0 saturated carbocycles. The number of allylic oxidation sites excluding steroid dienone is 1. The zero-order chi connectivity index (χ0) is 20.4. The first kappa shape index (κ1) is 20.8. The van der Waals surface area contributed by atoms with Gasteiger partial charge in [0, 0.05) is 13.1 Å². The molecular formula is C23H24N2O3. The Balaban J connectivity index is 2.05. The van der Waals surface area contributed by atoms with E-state index in [0.29, 0.717) is 30.2 Å². The molecule has 0 N–H and O–H groups in total. The molecule has 144 valence electrons. The molecule has 0 unspecified atom stereocenters. The van der Waals surface area contributed by atoms with Crippen molar-refractivity contribution in [3.63, 3.8) is 0 Å². The van der Waals surface area contributed by atoms with E-state index >= 15 is 0 Å². The quantitative estimate of drug-likeness (QED) is 0.616. The Hall–Kier alpha value is -3.52. The number of carbonyl (C=O) groups is 1. The summed E-state index contributed by atoms with van der Waals surface area (Å²) < 4.78 is 11.1. The smallest absolute Gasteiger partial charge is 0.261 e. The lowest BCUT2D eigenvalue weighted by Gasteiger charge is -2.22. The highest BCUT2D eigenvalue weighted by atomic mass is 16.5. The van der Waals surface area contributed by atoms with Crippen LogP contribution in [0.5, 0.6) is 11.5 Å². The number of carbonyl (C=O) groups excluding carboxylic acids is 1. The highest BCUT2D eigenvalue weighted by Crippen LogP contribution is 2.28. The molecule has 2 aromatic rings. The number of ether oxygens (including phenoxy) is 2. The van der Waals surface area contributed by atoms with E-state index in [4.69, 9.17) is 14.7 Å². The lowest BCUT2D eigenvalue weighted by molar-refractivity contribution is -0.133. The Morgan fingerprint density at radius 3 is 2.57 bits per heavy atom. The maximum atomic E-state index is 12.7. The molecule has 2 aromatic carbocycles. The van der Waals surface area contributed by atoms with Crippen LogP contribution in [-0.2, 0) is 11.3 Å². The molecule has 0 spiro atoms. The van der Waals surface area contributed by atoms with Crippen molar-refractivity contribution in [1.29, 1.82) is 5.26 Å². The van der Waals surface area contributed by atoms with Gasteiger partial charge in [0.05, 0.1) is 18.7 Å². The summed E-state index contributed by atoms with van der Waals surface area (Å²) in [5, 5.41) is 8.89. The molecule has 2 rings (SSSR count). The molecule has 0 heterocycles. The van der Waals surface area contributed by atoms with Crippen LogP contribution in [0.2, 0.25) is 0 Å². The standard InChI is InChI=1S/C23H24N2O3/c1-4-6-18-11-12-21(22(14-18)27-3)28-17-23(26)25(13-5-2)16-20-9-7-19(15-24)8-10-20/h4-12,14H,2,13,16-17H2,1,3H3/b6-4+. The average Bonchev–Trinajstić information content (AvgIpc) is 2.72. The van der Waals surface area contributed by atoms with Gasteiger partial charge in [-0.25, -0.2) is 0 Å². The second kappa shape index (κ2) is 10.6. The molecule has 0 aliphatic rings. The van der Waals surface area contributed by atoms with Crippen LogP contribution < -0.4 is 9.47 Å². The van der Waals surface area contributed by atoms with Crippen LogP contribution in [-0.4, -0.2) is 31.1 Å². The zero-order valence-electron chi connectivity index (χ0n) is 16.2. The van der Waals surface area contributed by atoms with E-state index in [-0.39, 0.29) is 12.5 Å². The lowest BCUT2D eigenvalue weighted by atomic mass is 10.1. The second-order valence-electron chi connectivity index (χ2n) is 6.07. The maximum Gasteiger partial charge on any atom is 0.261 e. The second-order valence-corrected chi connectivity index (χ2v) is 6.07. The number of methoxy groups -OCH3 is 1. The summed E-state index contributed by atoms with van der Waals surface area (Å²) in [4.78, 5) is 14.3. The summed E-state index contributed by atoms with van der Waals surface area (Å²) in [6, 6.07) is 14.8. The van der Waals surface area contributed by atoms with Crippen molar-refractivity contribution in [3.8, 4) is 17.6 Å². The van der Waals surface area contributed by atoms with Gasteiger partial charge in [0.1, 0.15) is 0 Å². The van der Waals surface area contributed by atoms with E-state index in [1.54, 1.807) is 36.3 Å². The maximum absolute atomic E-state index is 12.7. The van der Waals surface area contributed by atoms with E-state index in [1.807, 2.05) is 43.3 Å². The van der Waals surface area contributed by atoms with Gasteiger partial charge in [-0.15, -0.1) is 6.58 Å². The Morgan fingerprint density at radius 1 is 1.21 bits per heavy atom. The minimum Gasteiger partial charge on any atom is -0.493 e. The van der Waals surface area contributed by atoms with Crippen LogP contribution in [0.3, 0.4) is 0 Å². The molecule has 0 atom stereocenters. The third-order valence-electron chi connectivity index (χ3n) is 4.06. The first-order valence-electron chi connectivity index (χ1n) is 8.92. The third kappa shape index (κ3) is 5.75. The van der Waals surface area contributed by atoms with Gasteiger partial charge in [0.25, 0.3) is 5.91 Å². The van der Waals surface area contributed by atoms with E-state index in [2.05, 4.69) is 12.6 Å². The monoisotopic (exact) mass is 376 g/mol. The average molecular weight is 376 g/mol. The van der Waals surface area contributed by atoms with Crippen molar-refractivity contribution in [2.45, 2.75) is 13.5 Å². The van der Waals surface area contributed by atoms with Crippen molar-refractivity contribution in [3.05, 3.63) is 77.9 Å². The van der Waals surface area contributed by atoms with Crippen LogP contribution in [0, 0.1) is 11.3 Å². The summed E-state index contributed by atoms with van der Waals surface area (Å²) in [5.74, 6) is 0.927. The highest BCUT2D eigenvalue weighted by molar-refractivity contribution is 5.78. The Kier molecular flexibility index (Phi) is 7.86. The van der Waals surface area contributed by atoms with Crippen LogP contribution in [0.15, 0.2) is 61.2 Å². The number of rotatable bonds is 9. The molecule has 0 bridgehead atoms. The van der Waals surface area contributed by atoms with Gasteiger partial charge in [-0.3, -0.25) is 4.79 Å². The van der Waals surface area contributed by atoms with Crippen molar-refractivity contribution >= 4 is 12.0 Å². The Labute approximate surface area is 166 Å². The van der Waals surface area contributed by atoms with Crippen LogP contribution >= 0.6 is 0 Å². The topological polar surface area (TPSA) is 62.6 Å². The summed E-state index contributed by atoms with van der Waals surface area (Å²) in [6.07, 6.45) is 5.57. The van der Waals surface area contributed by atoms with Gasteiger partial charge in [-0.2, -0.15) is 5.26 Å². The van der Waals surface area contributed by atoms with Gasteiger partial charge in [0.15, 0.2) is 18.1 Å². The molecule has 1 amide bonds. The summed E-state index contributed by atoms with van der Waals surface area (Å²) in [5.41, 5.74) is 2.51. The summed E-state index contributed by atoms with van der Waals surface area (Å²) >= 11 is 0. The number of hydrogen-bond acceptors (Lipinski definition) is 4. The molecule has 0 aliphatic heterocycles. The van der Waals surface area contributed by atoms with Gasteiger partial charge in [-0.05, 0) is 42.3 Å². The molecule has 0 aromatic heterocycles. The molecule has 0 radical (unpaired) electrons. The molecule has 28 heavy (non-hydrogen) atoms. The number of nitrogens with zero attached hydrogens (tertiary/aromatic N) is 2. The SMILES string of the molecule is C=CCN(Cc1ccc(C#N)cc1)C(=O)COc1ccc(/C=C/C)cc1OC. The fourth-order valence-electron chi connectivity index (χ4n) is 2.65. The van der Waals surface area contributed by atoms with Crippen molar-refractivity contribution in [2.24, 2.45) is 0 Å². The van der Waals surface area contributed by atoms with Gasteiger partial charge >= 0.3 is 0 Å². The van der Waals surface area contributed by atoms with Gasteiger partial charge in [0.2, 0.25) is 0 Å². The normalized spacial score (nSPS) is 10.3. The number of nitriles is 1. The first-order valence-corrected chi connectivity index (χ1v) is 8.92. The van der Waals surface area contributed by atoms with E-state index in [1.165, 1.54) is 0 Å². The van der Waals surface area contributed by atoms with E-state index in [0.717, 1.165) is 11.1 Å². The minimum absolute atomic E-state index is 0.108.